The van der Waals surface area contributed by atoms with Gasteiger partial charge in [-0.15, -0.1) is 0 Å². The Labute approximate surface area is 111 Å². The van der Waals surface area contributed by atoms with E-state index in [0.717, 1.165) is 17.0 Å². The Morgan fingerprint density at radius 3 is 2.72 bits per heavy atom. The Kier molecular flexibility index (Phi) is 4.36. The molecule has 96 valence electrons. The number of halogens is 1. The van der Waals surface area contributed by atoms with Gasteiger partial charge in [-0.3, -0.25) is 0 Å². The fourth-order valence-electron chi connectivity index (χ4n) is 1.64. The van der Waals surface area contributed by atoms with E-state index in [9.17, 15) is 5.11 Å². The van der Waals surface area contributed by atoms with Crippen LogP contribution in [0, 0.1) is 6.92 Å². The summed E-state index contributed by atoms with van der Waals surface area (Å²) in [6, 6.07) is 9.02. The second-order valence-electron chi connectivity index (χ2n) is 4.13. The molecule has 0 fully saturated rings. The zero-order valence-corrected chi connectivity index (χ0v) is 10.8. The Balaban J connectivity index is 1.81. The third kappa shape index (κ3) is 3.57. The van der Waals surface area contributed by atoms with Gasteiger partial charge in [-0.25, -0.2) is 0 Å². The molecule has 0 amide bonds. The smallest absolute Gasteiger partial charge is 0.133 e. The molecule has 2 aromatic rings. The molecule has 2 rings (SSSR count). The first-order valence-electron chi connectivity index (χ1n) is 5.71. The molecule has 0 spiro atoms. The molecule has 0 saturated heterocycles. The van der Waals surface area contributed by atoms with Crippen LogP contribution in [0.2, 0.25) is 5.02 Å². The van der Waals surface area contributed by atoms with Crippen molar-refractivity contribution >= 4 is 11.6 Å². The van der Waals surface area contributed by atoms with Crippen molar-refractivity contribution in [1.82, 2.24) is 10.5 Å². The van der Waals surface area contributed by atoms with E-state index in [4.69, 9.17) is 16.1 Å². The zero-order chi connectivity index (χ0) is 13.0. The van der Waals surface area contributed by atoms with Gasteiger partial charge in [0.25, 0.3) is 0 Å². The zero-order valence-electron chi connectivity index (χ0n) is 10.1. The molecular weight excluding hydrogens is 252 g/mol. The van der Waals surface area contributed by atoms with Gasteiger partial charge in [-0.2, -0.15) is 0 Å². The van der Waals surface area contributed by atoms with Crippen molar-refractivity contribution in [2.24, 2.45) is 0 Å². The largest absolute Gasteiger partial charge is 0.387 e. The number of aryl methyl sites for hydroxylation is 1. The number of nitrogens with one attached hydrogen (secondary N) is 1. The molecule has 4 nitrogen and oxygen atoms in total. The lowest BCUT2D eigenvalue weighted by atomic mass is 10.1. The van der Waals surface area contributed by atoms with Gasteiger partial charge in [0.2, 0.25) is 0 Å². The highest BCUT2D eigenvalue weighted by Gasteiger charge is 2.07. The predicted molar refractivity (Wildman–Crippen MR) is 69.4 cm³/mol. The molecule has 5 heteroatoms. The molecule has 1 aromatic heterocycles. The van der Waals surface area contributed by atoms with Crippen LogP contribution in [-0.2, 0) is 6.54 Å². The van der Waals surface area contributed by atoms with Gasteiger partial charge in [0.05, 0.1) is 11.8 Å². The molecule has 0 aliphatic heterocycles. The van der Waals surface area contributed by atoms with Crippen molar-refractivity contribution in [2.45, 2.75) is 19.6 Å². The SMILES string of the molecule is Cc1cc(CNCC(O)c2ccc(Cl)cc2)no1. The molecule has 1 unspecified atom stereocenters. The molecule has 0 aliphatic rings. The van der Waals surface area contributed by atoms with Crippen molar-refractivity contribution < 1.29 is 9.63 Å². The Bertz CT molecular complexity index is 496. The van der Waals surface area contributed by atoms with Crippen molar-refractivity contribution in [3.8, 4) is 0 Å². The number of aliphatic hydroxyl groups excluding tert-OH is 1. The lowest BCUT2D eigenvalue weighted by Crippen LogP contribution is -2.21. The number of rotatable bonds is 5. The van der Waals surface area contributed by atoms with Crippen LogP contribution in [0.25, 0.3) is 0 Å². The summed E-state index contributed by atoms with van der Waals surface area (Å²) >= 11 is 5.79. The van der Waals surface area contributed by atoms with Crippen LogP contribution in [0.3, 0.4) is 0 Å². The molecule has 1 heterocycles. The van der Waals surface area contributed by atoms with Gasteiger partial charge < -0.3 is 14.9 Å². The van der Waals surface area contributed by atoms with Crippen LogP contribution in [-0.4, -0.2) is 16.8 Å². The summed E-state index contributed by atoms with van der Waals surface area (Å²) in [5, 5.41) is 17.6. The number of nitrogens with zero attached hydrogens (tertiary/aromatic N) is 1. The van der Waals surface area contributed by atoms with E-state index in [-0.39, 0.29) is 0 Å². The van der Waals surface area contributed by atoms with Crippen molar-refractivity contribution in [1.29, 1.82) is 0 Å². The van der Waals surface area contributed by atoms with Crippen molar-refractivity contribution in [2.75, 3.05) is 6.54 Å². The Morgan fingerprint density at radius 2 is 2.11 bits per heavy atom. The minimum absolute atomic E-state index is 0.452. The molecule has 18 heavy (non-hydrogen) atoms. The first-order valence-corrected chi connectivity index (χ1v) is 6.09. The molecule has 0 bridgehead atoms. The van der Waals surface area contributed by atoms with E-state index in [1.165, 1.54) is 0 Å². The normalized spacial score (nSPS) is 12.6. The van der Waals surface area contributed by atoms with E-state index < -0.39 is 6.10 Å². The Morgan fingerprint density at radius 1 is 1.39 bits per heavy atom. The lowest BCUT2D eigenvalue weighted by Gasteiger charge is -2.11. The minimum Gasteiger partial charge on any atom is -0.387 e. The number of hydrogen-bond donors (Lipinski definition) is 2. The second-order valence-corrected chi connectivity index (χ2v) is 4.56. The maximum Gasteiger partial charge on any atom is 0.133 e. The van der Waals surface area contributed by atoms with Gasteiger partial charge >= 0.3 is 0 Å². The van der Waals surface area contributed by atoms with Crippen molar-refractivity contribution in [3.63, 3.8) is 0 Å². The highest BCUT2D eigenvalue weighted by Crippen LogP contribution is 2.15. The summed E-state index contributed by atoms with van der Waals surface area (Å²) in [5.41, 5.74) is 1.67. The average molecular weight is 267 g/mol. The highest BCUT2D eigenvalue weighted by molar-refractivity contribution is 6.30. The summed E-state index contributed by atoms with van der Waals surface area (Å²) in [6.07, 6.45) is -0.560. The second kappa shape index (κ2) is 6.00. The van der Waals surface area contributed by atoms with Gasteiger partial charge in [0.1, 0.15) is 5.76 Å². The Hall–Kier alpha value is -1.36. The maximum absolute atomic E-state index is 9.95. The molecule has 2 N–H and O–H groups in total. The lowest BCUT2D eigenvalue weighted by molar-refractivity contribution is 0.174. The summed E-state index contributed by atoms with van der Waals surface area (Å²) in [5.74, 6) is 0.782. The minimum atomic E-state index is -0.560. The fraction of sp³-hybridized carbons (Fsp3) is 0.308. The van der Waals surface area contributed by atoms with E-state index in [1.54, 1.807) is 12.1 Å². The number of hydrogen-bond acceptors (Lipinski definition) is 4. The molecule has 1 atom stereocenters. The highest BCUT2D eigenvalue weighted by atomic mass is 35.5. The van der Waals surface area contributed by atoms with Crippen LogP contribution < -0.4 is 5.32 Å². The van der Waals surface area contributed by atoms with Gasteiger partial charge in [0.15, 0.2) is 0 Å². The fourth-order valence-corrected chi connectivity index (χ4v) is 1.77. The van der Waals surface area contributed by atoms with E-state index in [0.29, 0.717) is 18.1 Å². The summed E-state index contributed by atoms with van der Waals surface area (Å²) in [6.45, 7) is 2.87. The monoisotopic (exact) mass is 266 g/mol. The first kappa shape index (κ1) is 13.1. The summed E-state index contributed by atoms with van der Waals surface area (Å²) < 4.78 is 4.95. The van der Waals surface area contributed by atoms with E-state index >= 15 is 0 Å². The molecular formula is C13H15ClN2O2. The summed E-state index contributed by atoms with van der Waals surface area (Å²) in [7, 11) is 0. The van der Waals surface area contributed by atoms with Gasteiger partial charge in [-0.05, 0) is 24.6 Å². The quantitative estimate of drug-likeness (QED) is 0.873. The number of benzene rings is 1. The van der Waals surface area contributed by atoms with E-state index in [2.05, 4.69) is 10.5 Å². The third-order valence-electron chi connectivity index (χ3n) is 2.58. The van der Waals surface area contributed by atoms with Crippen LogP contribution in [0.1, 0.15) is 23.1 Å². The van der Waals surface area contributed by atoms with Crippen LogP contribution >= 0.6 is 11.6 Å². The topological polar surface area (TPSA) is 58.3 Å². The third-order valence-corrected chi connectivity index (χ3v) is 2.83. The average Bonchev–Trinajstić information content (AvgIpc) is 2.76. The maximum atomic E-state index is 9.95. The number of aliphatic hydroxyl groups is 1. The van der Waals surface area contributed by atoms with E-state index in [1.807, 2.05) is 25.1 Å². The predicted octanol–water partition coefficient (Wildman–Crippen LogP) is 2.46. The van der Waals surface area contributed by atoms with Gasteiger partial charge in [0, 0.05) is 24.2 Å². The molecule has 0 radical (unpaired) electrons. The van der Waals surface area contributed by atoms with Gasteiger partial charge in [-0.1, -0.05) is 28.9 Å². The molecule has 0 saturated carbocycles. The van der Waals surface area contributed by atoms with Crippen molar-refractivity contribution in [3.05, 3.63) is 52.4 Å². The molecule has 1 aromatic carbocycles. The molecule has 0 aliphatic carbocycles. The first-order chi connectivity index (χ1) is 8.65. The van der Waals surface area contributed by atoms with Crippen LogP contribution in [0.15, 0.2) is 34.9 Å². The summed E-state index contributed by atoms with van der Waals surface area (Å²) in [4.78, 5) is 0. The standard InChI is InChI=1S/C13H15ClN2O2/c1-9-6-12(16-18-9)7-15-8-13(17)10-2-4-11(14)5-3-10/h2-6,13,15,17H,7-8H2,1H3. The van der Waals surface area contributed by atoms with Crippen LogP contribution in [0.4, 0.5) is 0 Å². The number of aromatic nitrogens is 1. The van der Waals surface area contributed by atoms with Crippen LogP contribution in [0.5, 0.6) is 0 Å².